The Hall–Kier alpha value is 0. The van der Waals surface area contributed by atoms with Gasteiger partial charge in [0.05, 0.1) is 0 Å². The van der Waals surface area contributed by atoms with Crippen molar-refractivity contribution < 1.29 is 0 Å². The lowest BCUT2D eigenvalue weighted by atomic mass is 9.69. The highest BCUT2D eigenvalue weighted by Gasteiger charge is 2.29. The Morgan fingerprint density at radius 1 is 0.619 bits per heavy atom. The minimum absolute atomic E-state index is 0.969. The number of rotatable bonds is 6. The van der Waals surface area contributed by atoms with E-state index >= 15 is 0 Å². The van der Waals surface area contributed by atoms with Crippen molar-refractivity contribution in [1.82, 2.24) is 0 Å². The monoisotopic (exact) mass is 292 g/mol. The van der Waals surface area contributed by atoms with E-state index in [-0.39, 0.29) is 0 Å². The maximum absolute atomic E-state index is 2.47. The van der Waals surface area contributed by atoms with Gasteiger partial charge in [0.1, 0.15) is 0 Å². The fourth-order valence-corrected chi connectivity index (χ4v) is 5.12. The fraction of sp³-hybridized carbons (Fsp3) is 1.00. The zero-order valence-corrected chi connectivity index (χ0v) is 15.2. The van der Waals surface area contributed by atoms with E-state index in [1.54, 1.807) is 32.1 Å². The molecular weight excluding hydrogens is 252 g/mol. The molecule has 2 aliphatic carbocycles. The maximum Gasteiger partial charge on any atom is -0.0388 e. The summed E-state index contributed by atoms with van der Waals surface area (Å²) in [5, 5.41) is 0. The summed E-state index contributed by atoms with van der Waals surface area (Å²) in [5.41, 5.74) is 0. The van der Waals surface area contributed by atoms with Crippen LogP contribution in [0.3, 0.4) is 0 Å². The Bertz CT molecular complexity index is 238. The van der Waals surface area contributed by atoms with Crippen LogP contribution in [0.25, 0.3) is 0 Å². The van der Waals surface area contributed by atoms with Gasteiger partial charge in [-0.05, 0) is 67.6 Å². The molecule has 0 saturated heterocycles. The minimum atomic E-state index is 0.969. The smallest absolute Gasteiger partial charge is 0.0388 e. The summed E-state index contributed by atoms with van der Waals surface area (Å²) in [6, 6.07) is 0. The van der Waals surface area contributed by atoms with Crippen LogP contribution in [0.15, 0.2) is 0 Å². The van der Waals surface area contributed by atoms with Crippen LogP contribution in [-0.2, 0) is 0 Å². The first kappa shape index (κ1) is 17.4. The predicted molar refractivity (Wildman–Crippen MR) is 94.4 cm³/mol. The Morgan fingerprint density at radius 2 is 0.952 bits per heavy atom. The fourth-order valence-electron chi connectivity index (χ4n) is 5.12. The summed E-state index contributed by atoms with van der Waals surface area (Å²) >= 11 is 0. The van der Waals surface area contributed by atoms with Crippen LogP contribution < -0.4 is 0 Å². The lowest BCUT2D eigenvalue weighted by molar-refractivity contribution is 0.153. The SMILES string of the molecule is CCC(C)C1CCC(CC2CCC(C(C)CC)CC2)CC1. The van der Waals surface area contributed by atoms with Gasteiger partial charge in [0.15, 0.2) is 0 Å². The first-order valence-electron chi connectivity index (χ1n) is 10.1. The third-order valence-electron chi connectivity index (χ3n) is 7.35. The molecule has 2 atom stereocenters. The first-order chi connectivity index (χ1) is 10.1. The molecule has 2 saturated carbocycles. The van der Waals surface area contributed by atoms with Crippen molar-refractivity contribution in [2.75, 3.05) is 0 Å². The van der Waals surface area contributed by atoms with E-state index in [9.17, 15) is 0 Å². The molecule has 0 aromatic carbocycles. The molecule has 2 fully saturated rings. The molecule has 0 aromatic rings. The number of hydrogen-bond donors (Lipinski definition) is 0. The van der Waals surface area contributed by atoms with Gasteiger partial charge in [0.25, 0.3) is 0 Å². The van der Waals surface area contributed by atoms with Gasteiger partial charge in [-0.25, -0.2) is 0 Å². The highest BCUT2D eigenvalue weighted by Crippen LogP contribution is 2.41. The summed E-state index contributed by atoms with van der Waals surface area (Å²) in [7, 11) is 0. The number of hydrogen-bond acceptors (Lipinski definition) is 0. The van der Waals surface area contributed by atoms with E-state index in [4.69, 9.17) is 0 Å². The summed E-state index contributed by atoms with van der Waals surface area (Å²) in [6.45, 7) is 9.68. The van der Waals surface area contributed by atoms with Gasteiger partial charge in [0, 0.05) is 0 Å². The van der Waals surface area contributed by atoms with E-state index < -0.39 is 0 Å². The van der Waals surface area contributed by atoms with E-state index in [0.29, 0.717) is 0 Å². The quantitative estimate of drug-likeness (QED) is 0.490. The molecule has 2 rings (SSSR count). The lowest BCUT2D eigenvalue weighted by Gasteiger charge is -2.36. The van der Waals surface area contributed by atoms with E-state index in [1.165, 1.54) is 38.5 Å². The van der Waals surface area contributed by atoms with Crippen molar-refractivity contribution in [2.45, 2.75) is 98.3 Å². The molecule has 0 spiro atoms. The molecule has 2 aliphatic rings. The second-order valence-corrected chi connectivity index (χ2v) is 8.57. The van der Waals surface area contributed by atoms with Gasteiger partial charge in [-0.3, -0.25) is 0 Å². The van der Waals surface area contributed by atoms with E-state index in [1.807, 2.05) is 0 Å². The van der Waals surface area contributed by atoms with Crippen LogP contribution in [0.4, 0.5) is 0 Å². The van der Waals surface area contributed by atoms with Crippen molar-refractivity contribution >= 4 is 0 Å². The molecule has 0 aromatic heterocycles. The standard InChI is InChI=1S/C21H40/c1-5-16(3)20-11-7-18(8-12-20)15-19-9-13-21(14-10-19)17(4)6-2/h16-21H,5-15H2,1-4H3. The van der Waals surface area contributed by atoms with Crippen molar-refractivity contribution in [3.8, 4) is 0 Å². The molecule has 0 N–H and O–H groups in total. The van der Waals surface area contributed by atoms with Gasteiger partial charge in [-0.2, -0.15) is 0 Å². The summed E-state index contributed by atoms with van der Waals surface area (Å²) in [4.78, 5) is 0. The molecule has 124 valence electrons. The van der Waals surface area contributed by atoms with E-state index in [2.05, 4.69) is 27.7 Å². The van der Waals surface area contributed by atoms with Gasteiger partial charge < -0.3 is 0 Å². The van der Waals surface area contributed by atoms with Crippen LogP contribution in [0.2, 0.25) is 0 Å². The second-order valence-electron chi connectivity index (χ2n) is 8.57. The molecule has 2 unspecified atom stereocenters. The topological polar surface area (TPSA) is 0 Å². The van der Waals surface area contributed by atoms with Crippen LogP contribution in [0.5, 0.6) is 0 Å². The molecule has 0 amide bonds. The van der Waals surface area contributed by atoms with E-state index in [0.717, 1.165) is 35.5 Å². The Morgan fingerprint density at radius 3 is 1.24 bits per heavy atom. The third-order valence-corrected chi connectivity index (χ3v) is 7.35. The molecule has 0 aliphatic heterocycles. The highest BCUT2D eigenvalue weighted by molar-refractivity contribution is 4.81. The van der Waals surface area contributed by atoms with Gasteiger partial charge in [-0.15, -0.1) is 0 Å². The molecule has 0 heteroatoms. The predicted octanol–water partition coefficient (Wildman–Crippen LogP) is 7.08. The molecule has 0 bridgehead atoms. The molecule has 0 radical (unpaired) electrons. The van der Waals surface area contributed by atoms with Crippen LogP contribution in [-0.4, -0.2) is 0 Å². The minimum Gasteiger partial charge on any atom is -0.0651 e. The zero-order chi connectivity index (χ0) is 15.2. The Labute approximate surface area is 134 Å². The third kappa shape index (κ3) is 5.00. The van der Waals surface area contributed by atoms with Crippen molar-refractivity contribution in [1.29, 1.82) is 0 Å². The first-order valence-corrected chi connectivity index (χ1v) is 10.1. The molecule has 21 heavy (non-hydrogen) atoms. The Kier molecular flexibility index (Phi) is 7.10. The largest absolute Gasteiger partial charge is 0.0651 e. The van der Waals surface area contributed by atoms with Crippen molar-refractivity contribution in [2.24, 2.45) is 35.5 Å². The average Bonchev–Trinajstić information content (AvgIpc) is 2.55. The normalized spacial score (nSPS) is 37.1. The molecule has 0 nitrogen and oxygen atoms in total. The van der Waals surface area contributed by atoms with Crippen LogP contribution in [0, 0.1) is 35.5 Å². The summed E-state index contributed by atoms with van der Waals surface area (Å²) in [6.07, 6.45) is 16.6. The molecule has 0 heterocycles. The Balaban J connectivity index is 1.66. The lowest BCUT2D eigenvalue weighted by Crippen LogP contribution is -2.24. The summed E-state index contributed by atoms with van der Waals surface area (Å²) < 4.78 is 0. The maximum atomic E-state index is 2.47. The van der Waals surface area contributed by atoms with Gasteiger partial charge in [-0.1, -0.05) is 66.2 Å². The van der Waals surface area contributed by atoms with Crippen molar-refractivity contribution in [3.05, 3.63) is 0 Å². The summed E-state index contributed by atoms with van der Waals surface area (Å²) in [5.74, 6) is 6.19. The molecular formula is C21H40. The zero-order valence-electron chi connectivity index (χ0n) is 15.2. The average molecular weight is 293 g/mol. The van der Waals surface area contributed by atoms with Gasteiger partial charge in [0.2, 0.25) is 0 Å². The second kappa shape index (κ2) is 8.59. The van der Waals surface area contributed by atoms with Gasteiger partial charge >= 0.3 is 0 Å². The van der Waals surface area contributed by atoms with Crippen molar-refractivity contribution in [3.63, 3.8) is 0 Å². The van der Waals surface area contributed by atoms with Crippen LogP contribution in [0.1, 0.15) is 98.3 Å². The van der Waals surface area contributed by atoms with Crippen LogP contribution >= 0.6 is 0 Å². The highest BCUT2D eigenvalue weighted by atomic mass is 14.3.